The minimum absolute atomic E-state index is 0.00945. The van der Waals surface area contributed by atoms with E-state index in [-0.39, 0.29) is 30.8 Å². The van der Waals surface area contributed by atoms with Crippen molar-refractivity contribution in [2.24, 2.45) is 5.10 Å². The van der Waals surface area contributed by atoms with Crippen molar-refractivity contribution in [3.05, 3.63) is 71.8 Å². The molecule has 2 aromatic carbocycles. The number of carbonyl (C=O) groups excluding carboxylic acids is 2. The standard InChI is InChI=1S/C27H34N4O2/c1-4-20-31(26(33)21-29-24(25(32)5-2)18-12-13-19-28-3)30-27(22-14-8-6-9-15-22)23-16-10-7-11-17-23/h1,6-11,14-17,24,28-29H,5,12-13,18-21H2,2-3H3/t24-/m0/s1. The van der Waals surface area contributed by atoms with Crippen molar-refractivity contribution in [1.29, 1.82) is 0 Å². The average Bonchev–Trinajstić information content (AvgIpc) is 2.86. The first-order valence-electron chi connectivity index (χ1n) is 11.4. The Bertz CT molecular complexity index is 894. The Morgan fingerprint density at radius 3 is 2.15 bits per heavy atom. The fourth-order valence-corrected chi connectivity index (χ4v) is 3.44. The molecule has 6 nitrogen and oxygen atoms in total. The van der Waals surface area contributed by atoms with Crippen LogP contribution in [-0.4, -0.2) is 55.1 Å². The van der Waals surface area contributed by atoms with Gasteiger partial charge in [-0.25, -0.2) is 5.01 Å². The molecule has 1 atom stereocenters. The molecule has 2 aromatic rings. The number of rotatable bonds is 14. The summed E-state index contributed by atoms with van der Waals surface area (Å²) in [5.74, 6) is 2.35. The molecule has 0 saturated heterocycles. The Morgan fingerprint density at radius 1 is 1.03 bits per heavy atom. The van der Waals surface area contributed by atoms with Crippen LogP contribution >= 0.6 is 0 Å². The van der Waals surface area contributed by atoms with E-state index in [1.54, 1.807) is 0 Å². The lowest BCUT2D eigenvalue weighted by atomic mass is 10.0. The van der Waals surface area contributed by atoms with Crippen molar-refractivity contribution in [3.63, 3.8) is 0 Å². The topological polar surface area (TPSA) is 73.8 Å². The largest absolute Gasteiger partial charge is 0.320 e. The highest BCUT2D eigenvalue weighted by molar-refractivity contribution is 6.13. The van der Waals surface area contributed by atoms with Crippen LogP contribution in [0.5, 0.6) is 0 Å². The zero-order valence-electron chi connectivity index (χ0n) is 19.6. The van der Waals surface area contributed by atoms with Gasteiger partial charge >= 0.3 is 0 Å². The average molecular weight is 447 g/mol. The van der Waals surface area contributed by atoms with Crippen LogP contribution in [0, 0.1) is 12.3 Å². The predicted molar refractivity (Wildman–Crippen MR) is 134 cm³/mol. The molecule has 0 aliphatic rings. The number of benzene rings is 2. The van der Waals surface area contributed by atoms with Crippen LogP contribution < -0.4 is 10.6 Å². The molecule has 0 unspecified atom stereocenters. The van der Waals surface area contributed by atoms with Gasteiger partial charge in [0.1, 0.15) is 12.3 Å². The summed E-state index contributed by atoms with van der Waals surface area (Å²) in [6.45, 7) is 2.77. The van der Waals surface area contributed by atoms with Crippen LogP contribution in [0.3, 0.4) is 0 Å². The van der Waals surface area contributed by atoms with Gasteiger partial charge in [-0.3, -0.25) is 14.9 Å². The number of amides is 1. The molecular formula is C27H34N4O2. The maximum Gasteiger partial charge on any atom is 0.257 e. The zero-order valence-corrected chi connectivity index (χ0v) is 19.6. The van der Waals surface area contributed by atoms with Gasteiger partial charge in [-0.2, -0.15) is 5.10 Å². The first kappa shape index (κ1) is 26.0. The Balaban J connectivity index is 2.20. The second-order valence-electron chi connectivity index (χ2n) is 7.69. The van der Waals surface area contributed by atoms with Crippen molar-refractivity contribution in [2.75, 3.05) is 26.7 Å². The Kier molecular flexibility index (Phi) is 11.6. The molecule has 0 bridgehead atoms. The number of nitrogens with one attached hydrogen (secondary N) is 2. The lowest BCUT2D eigenvalue weighted by Crippen LogP contribution is -2.43. The lowest BCUT2D eigenvalue weighted by Gasteiger charge is -2.21. The highest BCUT2D eigenvalue weighted by Gasteiger charge is 2.20. The normalized spacial score (nSPS) is 11.3. The number of hydrogen-bond acceptors (Lipinski definition) is 5. The number of terminal acetylenes is 1. The number of nitrogens with zero attached hydrogens (tertiary/aromatic N) is 2. The molecule has 0 heterocycles. The second-order valence-corrected chi connectivity index (χ2v) is 7.69. The Hall–Kier alpha value is -3.27. The number of unbranched alkanes of at least 4 members (excludes halogenated alkanes) is 1. The number of Topliss-reactive ketones (excluding diaryl/α,β-unsaturated/α-hetero) is 1. The molecule has 0 saturated carbocycles. The van der Waals surface area contributed by atoms with E-state index in [2.05, 4.69) is 21.7 Å². The molecule has 0 aliphatic heterocycles. The smallest absolute Gasteiger partial charge is 0.257 e. The lowest BCUT2D eigenvalue weighted by molar-refractivity contribution is -0.130. The summed E-state index contributed by atoms with van der Waals surface area (Å²) in [5, 5.41) is 12.2. The molecule has 0 aliphatic carbocycles. The van der Waals surface area contributed by atoms with Crippen LogP contribution in [0.2, 0.25) is 0 Å². The number of hydrogen-bond donors (Lipinski definition) is 2. The first-order valence-corrected chi connectivity index (χ1v) is 11.4. The maximum atomic E-state index is 13.1. The molecule has 0 aromatic heterocycles. The summed E-state index contributed by atoms with van der Waals surface area (Å²) in [6, 6.07) is 19.0. The van der Waals surface area contributed by atoms with Crippen molar-refractivity contribution >= 4 is 17.4 Å². The third-order valence-electron chi connectivity index (χ3n) is 5.25. The Labute approximate surface area is 197 Å². The van der Waals surface area contributed by atoms with E-state index in [4.69, 9.17) is 6.42 Å². The van der Waals surface area contributed by atoms with Crippen LogP contribution in [0.25, 0.3) is 0 Å². The van der Waals surface area contributed by atoms with E-state index in [0.29, 0.717) is 18.6 Å². The predicted octanol–water partition coefficient (Wildman–Crippen LogP) is 3.23. The molecule has 174 valence electrons. The van der Waals surface area contributed by atoms with Gasteiger partial charge in [0.2, 0.25) is 0 Å². The third kappa shape index (κ3) is 8.64. The van der Waals surface area contributed by atoms with E-state index in [0.717, 1.165) is 30.5 Å². The minimum atomic E-state index is -0.352. The second kappa shape index (κ2) is 14.7. The molecular weight excluding hydrogens is 412 g/mol. The van der Waals surface area contributed by atoms with Crippen molar-refractivity contribution < 1.29 is 9.59 Å². The minimum Gasteiger partial charge on any atom is -0.320 e. The molecule has 0 radical (unpaired) electrons. The van der Waals surface area contributed by atoms with Gasteiger partial charge in [-0.1, -0.05) is 79.9 Å². The zero-order chi connectivity index (χ0) is 23.9. The highest BCUT2D eigenvalue weighted by atomic mass is 16.2. The molecule has 2 N–H and O–H groups in total. The van der Waals surface area contributed by atoms with Gasteiger partial charge in [0.05, 0.1) is 18.3 Å². The van der Waals surface area contributed by atoms with Gasteiger partial charge in [-0.05, 0) is 26.4 Å². The highest BCUT2D eigenvalue weighted by Crippen LogP contribution is 2.12. The van der Waals surface area contributed by atoms with Crippen molar-refractivity contribution in [1.82, 2.24) is 15.6 Å². The van der Waals surface area contributed by atoms with E-state index in [1.165, 1.54) is 5.01 Å². The van der Waals surface area contributed by atoms with E-state index >= 15 is 0 Å². The van der Waals surface area contributed by atoms with Gasteiger partial charge in [-0.15, -0.1) is 6.42 Å². The molecule has 1 amide bonds. The number of ketones is 1. The summed E-state index contributed by atoms with van der Waals surface area (Å²) in [5.41, 5.74) is 2.43. The van der Waals surface area contributed by atoms with Crippen LogP contribution in [0.15, 0.2) is 65.8 Å². The molecule has 0 fully saturated rings. The van der Waals surface area contributed by atoms with Gasteiger partial charge < -0.3 is 5.32 Å². The fourth-order valence-electron chi connectivity index (χ4n) is 3.44. The first-order chi connectivity index (χ1) is 16.1. The molecule has 6 heteroatoms. The molecule has 33 heavy (non-hydrogen) atoms. The van der Waals surface area contributed by atoms with Gasteiger partial charge in [0, 0.05) is 17.5 Å². The van der Waals surface area contributed by atoms with Crippen LogP contribution in [0.1, 0.15) is 43.7 Å². The van der Waals surface area contributed by atoms with E-state index in [9.17, 15) is 9.59 Å². The maximum absolute atomic E-state index is 13.1. The van der Waals surface area contributed by atoms with Crippen molar-refractivity contribution in [2.45, 2.75) is 38.6 Å². The summed E-state index contributed by atoms with van der Waals surface area (Å²) >= 11 is 0. The monoisotopic (exact) mass is 446 g/mol. The summed E-state index contributed by atoms with van der Waals surface area (Å²) < 4.78 is 0. The summed E-state index contributed by atoms with van der Waals surface area (Å²) in [7, 11) is 1.91. The van der Waals surface area contributed by atoms with E-state index in [1.807, 2.05) is 74.6 Å². The summed E-state index contributed by atoms with van der Waals surface area (Å²) in [4.78, 5) is 25.4. The van der Waals surface area contributed by atoms with E-state index < -0.39 is 0 Å². The number of hydrazone groups is 1. The van der Waals surface area contributed by atoms with Crippen molar-refractivity contribution in [3.8, 4) is 12.3 Å². The van der Waals surface area contributed by atoms with Gasteiger partial charge in [0.25, 0.3) is 5.91 Å². The SMILES string of the molecule is C#CCN(N=C(c1ccccc1)c1ccccc1)C(=O)CN[C@@H](CCCCNC)C(=O)CC. The fraction of sp³-hybridized carbons (Fsp3) is 0.370. The molecule has 2 rings (SSSR count). The quantitative estimate of drug-likeness (QED) is 0.202. The van der Waals surface area contributed by atoms with Gasteiger partial charge in [0.15, 0.2) is 0 Å². The number of carbonyl (C=O) groups is 2. The Morgan fingerprint density at radius 2 is 1.64 bits per heavy atom. The van der Waals surface area contributed by atoms with Crippen LogP contribution in [-0.2, 0) is 9.59 Å². The molecule has 0 spiro atoms. The summed E-state index contributed by atoms with van der Waals surface area (Å²) in [6.07, 6.45) is 8.54. The third-order valence-corrected chi connectivity index (χ3v) is 5.25. The van der Waals surface area contributed by atoms with Crippen LogP contribution in [0.4, 0.5) is 0 Å².